The highest BCUT2D eigenvalue weighted by atomic mass is 16.5. The third-order valence-electron chi connectivity index (χ3n) is 5.14. The normalized spacial score (nSPS) is 30.3. The van der Waals surface area contributed by atoms with Crippen molar-refractivity contribution in [2.24, 2.45) is 0 Å². The Labute approximate surface area is 136 Å². The smallest absolute Gasteiger partial charge is 0.226 e. The first-order valence-corrected chi connectivity index (χ1v) is 8.23. The van der Waals surface area contributed by atoms with Gasteiger partial charge in [-0.25, -0.2) is 0 Å². The zero-order valence-corrected chi connectivity index (χ0v) is 13.3. The van der Waals surface area contributed by atoms with Crippen molar-refractivity contribution in [1.82, 2.24) is 4.90 Å². The largest absolute Gasteiger partial charge is 0.353 e. The van der Waals surface area contributed by atoms with E-state index < -0.39 is 5.72 Å². The molecule has 2 heterocycles. The summed E-state index contributed by atoms with van der Waals surface area (Å²) in [5.74, 6) is 0.429. The number of hydrogen-bond acceptors (Lipinski definition) is 2. The topological polar surface area (TPSA) is 29.5 Å². The fourth-order valence-corrected chi connectivity index (χ4v) is 4.05. The van der Waals surface area contributed by atoms with Crippen molar-refractivity contribution in [2.45, 2.75) is 37.5 Å². The molecule has 0 aromatic heterocycles. The highest BCUT2D eigenvalue weighted by Crippen LogP contribution is 2.47. The molecule has 2 aliphatic heterocycles. The summed E-state index contributed by atoms with van der Waals surface area (Å²) < 4.78 is 6.14. The number of fused-ring (bicyclic) bond motifs is 1. The number of nitrogens with zero attached hydrogens (tertiary/aromatic N) is 1. The van der Waals surface area contributed by atoms with Gasteiger partial charge in [-0.1, -0.05) is 60.7 Å². The van der Waals surface area contributed by atoms with E-state index in [0.717, 1.165) is 12.0 Å². The van der Waals surface area contributed by atoms with Gasteiger partial charge in [-0.3, -0.25) is 4.79 Å². The maximum Gasteiger partial charge on any atom is 0.226 e. The van der Waals surface area contributed by atoms with Crippen molar-refractivity contribution < 1.29 is 9.53 Å². The minimum atomic E-state index is -0.504. The monoisotopic (exact) mass is 307 g/mol. The minimum Gasteiger partial charge on any atom is -0.353 e. The first-order valence-electron chi connectivity index (χ1n) is 8.23. The van der Waals surface area contributed by atoms with Crippen molar-refractivity contribution in [3.63, 3.8) is 0 Å². The molecule has 3 heteroatoms. The van der Waals surface area contributed by atoms with E-state index in [0.29, 0.717) is 13.0 Å². The Balaban J connectivity index is 1.63. The first-order chi connectivity index (χ1) is 11.2. The summed E-state index contributed by atoms with van der Waals surface area (Å²) in [5.41, 5.74) is 1.88. The van der Waals surface area contributed by atoms with Crippen LogP contribution >= 0.6 is 0 Å². The molecule has 0 N–H and O–H groups in total. The van der Waals surface area contributed by atoms with E-state index in [2.05, 4.69) is 31.2 Å². The predicted octanol–water partition coefficient (Wildman–Crippen LogP) is 3.88. The van der Waals surface area contributed by atoms with Gasteiger partial charge in [0.1, 0.15) is 5.72 Å². The van der Waals surface area contributed by atoms with Crippen LogP contribution in [0.4, 0.5) is 0 Å². The van der Waals surface area contributed by atoms with Crippen LogP contribution in [0, 0.1) is 0 Å². The molecular weight excluding hydrogens is 286 g/mol. The minimum absolute atomic E-state index is 0.0328. The van der Waals surface area contributed by atoms with E-state index >= 15 is 0 Å². The van der Waals surface area contributed by atoms with Gasteiger partial charge in [-0.05, 0) is 24.0 Å². The molecule has 2 fully saturated rings. The van der Waals surface area contributed by atoms with Crippen LogP contribution in [0.5, 0.6) is 0 Å². The molecule has 0 saturated carbocycles. The summed E-state index contributed by atoms with van der Waals surface area (Å²) in [4.78, 5) is 14.9. The SMILES string of the molecule is C[C@]12C[C@H](c3ccccc3)CC(=O)N1[C@H](c1ccccc1)CO2. The molecule has 2 aliphatic rings. The van der Waals surface area contributed by atoms with Crippen LogP contribution in [0.3, 0.4) is 0 Å². The van der Waals surface area contributed by atoms with Gasteiger partial charge in [-0.2, -0.15) is 0 Å². The number of carbonyl (C=O) groups is 1. The fourth-order valence-electron chi connectivity index (χ4n) is 4.05. The lowest BCUT2D eigenvalue weighted by molar-refractivity contribution is -0.158. The van der Waals surface area contributed by atoms with Gasteiger partial charge in [0.25, 0.3) is 0 Å². The molecule has 3 atom stereocenters. The van der Waals surface area contributed by atoms with E-state index in [9.17, 15) is 4.79 Å². The number of hydrogen-bond donors (Lipinski definition) is 0. The summed E-state index contributed by atoms with van der Waals surface area (Å²) in [5, 5.41) is 0. The predicted molar refractivity (Wildman–Crippen MR) is 88.8 cm³/mol. The van der Waals surface area contributed by atoms with Gasteiger partial charge in [0, 0.05) is 12.8 Å². The van der Waals surface area contributed by atoms with Crippen molar-refractivity contribution in [3.05, 3.63) is 71.8 Å². The van der Waals surface area contributed by atoms with Gasteiger partial charge in [-0.15, -0.1) is 0 Å². The number of amides is 1. The molecule has 0 spiro atoms. The molecule has 0 bridgehead atoms. The van der Waals surface area contributed by atoms with Gasteiger partial charge < -0.3 is 9.64 Å². The fraction of sp³-hybridized carbons (Fsp3) is 0.350. The number of piperidine rings is 1. The van der Waals surface area contributed by atoms with E-state index in [1.807, 2.05) is 41.3 Å². The molecule has 2 aromatic rings. The van der Waals surface area contributed by atoms with Crippen LogP contribution in [0.25, 0.3) is 0 Å². The maximum absolute atomic E-state index is 12.9. The third kappa shape index (κ3) is 2.45. The molecule has 0 radical (unpaired) electrons. The zero-order valence-electron chi connectivity index (χ0n) is 13.3. The molecule has 0 aliphatic carbocycles. The van der Waals surface area contributed by atoms with Crippen LogP contribution in [-0.4, -0.2) is 23.1 Å². The van der Waals surface area contributed by atoms with Crippen LogP contribution in [-0.2, 0) is 9.53 Å². The van der Waals surface area contributed by atoms with Gasteiger partial charge in [0.2, 0.25) is 5.91 Å². The molecule has 2 saturated heterocycles. The van der Waals surface area contributed by atoms with Crippen molar-refractivity contribution in [3.8, 4) is 0 Å². The second-order valence-corrected chi connectivity index (χ2v) is 6.69. The number of rotatable bonds is 2. The average Bonchev–Trinajstić information content (AvgIpc) is 2.94. The Morgan fingerprint density at radius 1 is 1.00 bits per heavy atom. The zero-order chi connectivity index (χ0) is 15.9. The summed E-state index contributed by atoms with van der Waals surface area (Å²) in [6.45, 7) is 2.64. The second kappa shape index (κ2) is 5.50. The lowest BCUT2D eigenvalue weighted by Crippen LogP contribution is -2.51. The van der Waals surface area contributed by atoms with Gasteiger partial charge >= 0.3 is 0 Å². The van der Waals surface area contributed by atoms with E-state index in [1.54, 1.807) is 0 Å². The average molecular weight is 307 g/mol. The summed E-state index contributed by atoms with van der Waals surface area (Å²) >= 11 is 0. The molecule has 0 unspecified atom stereocenters. The van der Waals surface area contributed by atoms with Crippen molar-refractivity contribution >= 4 is 5.91 Å². The van der Waals surface area contributed by atoms with Crippen LogP contribution in [0.15, 0.2) is 60.7 Å². The summed E-state index contributed by atoms with van der Waals surface area (Å²) in [7, 11) is 0. The highest BCUT2D eigenvalue weighted by Gasteiger charge is 2.51. The van der Waals surface area contributed by atoms with E-state index in [1.165, 1.54) is 5.56 Å². The number of carbonyl (C=O) groups excluding carboxylic acids is 1. The summed E-state index contributed by atoms with van der Waals surface area (Å²) in [6, 6.07) is 20.5. The summed E-state index contributed by atoms with van der Waals surface area (Å²) in [6.07, 6.45) is 1.42. The highest BCUT2D eigenvalue weighted by molar-refractivity contribution is 5.80. The molecule has 1 amide bonds. The van der Waals surface area contributed by atoms with Crippen molar-refractivity contribution in [1.29, 1.82) is 0 Å². The molecule has 23 heavy (non-hydrogen) atoms. The Morgan fingerprint density at radius 3 is 2.26 bits per heavy atom. The lowest BCUT2D eigenvalue weighted by atomic mass is 9.83. The quantitative estimate of drug-likeness (QED) is 0.842. The number of benzene rings is 2. The van der Waals surface area contributed by atoms with Crippen molar-refractivity contribution in [2.75, 3.05) is 6.61 Å². The molecular formula is C20H21NO2. The van der Waals surface area contributed by atoms with E-state index in [4.69, 9.17) is 4.74 Å². The Hall–Kier alpha value is -2.13. The molecule has 3 nitrogen and oxygen atoms in total. The van der Waals surface area contributed by atoms with Crippen LogP contribution < -0.4 is 0 Å². The first kappa shape index (κ1) is 14.5. The van der Waals surface area contributed by atoms with Gasteiger partial charge in [0.05, 0.1) is 12.6 Å². The van der Waals surface area contributed by atoms with E-state index in [-0.39, 0.29) is 17.9 Å². The molecule has 2 aromatic carbocycles. The van der Waals surface area contributed by atoms with Crippen LogP contribution in [0.1, 0.15) is 42.9 Å². The lowest BCUT2D eigenvalue weighted by Gasteiger charge is -2.43. The Kier molecular flexibility index (Phi) is 3.46. The standard InChI is InChI=1S/C20H21NO2/c1-20-13-17(15-8-4-2-5-9-15)12-19(22)21(20)18(14-23-20)16-10-6-3-7-11-16/h2-11,17-18H,12-14H2,1H3/t17-,18+,20+/m1/s1. The number of ether oxygens (including phenoxy) is 1. The Morgan fingerprint density at radius 2 is 1.61 bits per heavy atom. The molecule has 4 rings (SSSR count). The van der Waals surface area contributed by atoms with Gasteiger partial charge in [0.15, 0.2) is 0 Å². The Bertz CT molecular complexity index is 700. The maximum atomic E-state index is 12.9. The molecule has 118 valence electrons. The van der Waals surface area contributed by atoms with Crippen LogP contribution in [0.2, 0.25) is 0 Å². The second-order valence-electron chi connectivity index (χ2n) is 6.69. The third-order valence-corrected chi connectivity index (χ3v) is 5.14.